The quantitative estimate of drug-likeness (QED) is 0.815. The van der Waals surface area contributed by atoms with Crippen molar-refractivity contribution >= 4 is 44.3 Å². The first-order valence-corrected chi connectivity index (χ1v) is 5.74. The summed E-state index contributed by atoms with van der Waals surface area (Å²) < 4.78 is 5.54. The van der Waals surface area contributed by atoms with Crippen molar-refractivity contribution in [2.75, 3.05) is 24.4 Å². The molecule has 2 aromatic rings. The zero-order valence-electron chi connectivity index (χ0n) is 8.07. The van der Waals surface area contributed by atoms with E-state index in [2.05, 4.69) is 30.9 Å². The van der Waals surface area contributed by atoms with Crippen molar-refractivity contribution in [3.63, 3.8) is 0 Å². The van der Waals surface area contributed by atoms with Crippen LogP contribution in [0.5, 0.6) is 0 Å². The summed E-state index contributed by atoms with van der Waals surface area (Å²) in [6, 6.07) is 3.89. The van der Waals surface area contributed by atoms with Gasteiger partial charge in [-0.1, -0.05) is 0 Å². The summed E-state index contributed by atoms with van der Waals surface area (Å²) in [6.07, 6.45) is 0. The number of halogens is 2. The standard InChI is InChI=1S/C9H9BrClN3O/c1-14(3-2-11)6-4-7(10)9-8(5-6)12-15-13-9/h4-5H,2-3H2,1H3. The summed E-state index contributed by atoms with van der Waals surface area (Å²) >= 11 is 9.11. The van der Waals surface area contributed by atoms with Gasteiger partial charge in [0.2, 0.25) is 0 Å². The molecule has 0 saturated heterocycles. The second kappa shape index (κ2) is 4.37. The van der Waals surface area contributed by atoms with E-state index < -0.39 is 0 Å². The van der Waals surface area contributed by atoms with Crippen LogP contribution in [0.1, 0.15) is 0 Å². The van der Waals surface area contributed by atoms with Gasteiger partial charge in [0.25, 0.3) is 0 Å². The number of aromatic nitrogens is 2. The minimum atomic E-state index is 0.587. The molecule has 0 saturated carbocycles. The fraction of sp³-hybridized carbons (Fsp3) is 0.333. The third-order valence-electron chi connectivity index (χ3n) is 2.16. The van der Waals surface area contributed by atoms with Gasteiger partial charge >= 0.3 is 0 Å². The van der Waals surface area contributed by atoms with Gasteiger partial charge in [-0.2, -0.15) is 0 Å². The van der Waals surface area contributed by atoms with E-state index in [1.165, 1.54) is 0 Å². The van der Waals surface area contributed by atoms with Gasteiger partial charge in [-0.3, -0.25) is 0 Å². The van der Waals surface area contributed by atoms with Crippen molar-refractivity contribution in [3.05, 3.63) is 16.6 Å². The summed E-state index contributed by atoms with van der Waals surface area (Å²) in [4.78, 5) is 2.05. The van der Waals surface area contributed by atoms with E-state index in [0.29, 0.717) is 5.88 Å². The van der Waals surface area contributed by atoms with Gasteiger partial charge in [0, 0.05) is 25.2 Å². The van der Waals surface area contributed by atoms with E-state index in [-0.39, 0.29) is 0 Å². The van der Waals surface area contributed by atoms with Gasteiger partial charge in [0.15, 0.2) is 0 Å². The van der Waals surface area contributed by atoms with Crippen molar-refractivity contribution in [1.82, 2.24) is 10.3 Å². The Morgan fingerprint density at radius 1 is 1.47 bits per heavy atom. The van der Waals surface area contributed by atoms with E-state index in [9.17, 15) is 0 Å². The normalized spacial score (nSPS) is 10.9. The van der Waals surface area contributed by atoms with Crippen LogP contribution in [0.2, 0.25) is 0 Å². The predicted octanol–water partition coefficient (Wildman–Crippen LogP) is 2.66. The van der Waals surface area contributed by atoms with Crippen molar-refractivity contribution in [2.45, 2.75) is 0 Å². The molecule has 0 aliphatic carbocycles. The molecule has 80 valence electrons. The summed E-state index contributed by atoms with van der Waals surface area (Å²) in [5.74, 6) is 0.587. The van der Waals surface area contributed by atoms with Crippen LogP contribution in [0, 0.1) is 0 Å². The smallest absolute Gasteiger partial charge is 0.149 e. The highest BCUT2D eigenvalue weighted by molar-refractivity contribution is 9.10. The van der Waals surface area contributed by atoms with E-state index in [0.717, 1.165) is 27.7 Å². The molecule has 1 aromatic carbocycles. The minimum Gasteiger partial charge on any atom is -0.373 e. The van der Waals surface area contributed by atoms with Crippen LogP contribution < -0.4 is 4.90 Å². The van der Waals surface area contributed by atoms with Crippen molar-refractivity contribution in [2.24, 2.45) is 0 Å². The minimum absolute atomic E-state index is 0.587. The van der Waals surface area contributed by atoms with Gasteiger partial charge in [0.05, 0.1) is 4.47 Å². The van der Waals surface area contributed by atoms with Gasteiger partial charge in [0.1, 0.15) is 11.0 Å². The monoisotopic (exact) mass is 289 g/mol. The molecule has 15 heavy (non-hydrogen) atoms. The Hall–Kier alpha value is -0.810. The van der Waals surface area contributed by atoms with E-state index >= 15 is 0 Å². The average Bonchev–Trinajstić information content (AvgIpc) is 2.66. The fourth-order valence-corrected chi connectivity index (χ4v) is 2.08. The first-order chi connectivity index (χ1) is 7.22. The summed E-state index contributed by atoms with van der Waals surface area (Å²) in [7, 11) is 1.98. The Morgan fingerprint density at radius 3 is 3.00 bits per heavy atom. The second-order valence-corrected chi connectivity index (χ2v) is 4.40. The fourth-order valence-electron chi connectivity index (χ4n) is 1.31. The first kappa shape index (κ1) is 10.7. The van der Waals surface area contributed by atoms with E-state index in [4.69, 9.17) is 11.6 Å². The molecule has 6 heteroatoms. The lowest BCUT2D eigenvalue weighted by Crippen LogP contribution is -2.19. The third kappa shape index (κ3) is 2.08. The maximum atomic E-state index is 5.68. The lowest BCUT2D eigenvalue weighted by molar-refractivity contribution is 0.315. The molecular weight excluding hydrogens is 281 g/mol. The molecule has 0 N–H and O–H groups in total. The Kier molecular flexibility index (Phi) is 3.11. The van der Waals surface area contributed by atoms with Crippen molar-refractivity contribution in [1.29, 1.82) is 0 Å². The van der Waals surface area contributed by atoms with Crippen LogP contribution in [-0.2, 0) is 0 Å². The molecule has 0 aliphatic heterocycles. The zero-order chi connectivity index (χ0) is 10.8. The Morgan fingerprint density at radius 2 is 2.27 bits per heavy atom. The highest BCUT2D eigenvalue weighted by Gasteiger charge is 2.09. The number of hydrogen-bond donors (Lipinski definition) is 0. The predicted molar refractivity (Wildman–Crippen MR) is 63.5 cm³/mol. The molecule has 0 fully saturated rings. The molecule has 0 bridgehead atoms. The molecule has 0 radical (unpaired) electrons. The molecule has 0 aliphatic rings. The summed E-state index contributed by atoms with van der Waals surface area (Å²) in [5, 5.41) is 7.59. The molecule has 0 amide bonds. The van der Waals surface area contributed by atoms with Crippen LogP contribution in [0.15, 0.2) is 21.2 Å². The lowest BCUT2D eigenvalue weighted by Gasteiger charge is -2.17. The van der Waals surface area contributed by atoms with Crippen LogP contribution in [-0.4, -0.2) is 29.8 Å². The van der Waals surface area contributed by atoms with Crippen LogP contribution in [0.25, 0.3) is 11.0 Å². The summed E-state index contributed by atoms with van der Waals surface area (Å²) in [5.41, 5.74) is 2.50. The van der Waals surface area contributed by atoms with E-state index in [1.54, 1.807) is 0 Å². The van der Waals surface area contributed by atoms with Crippen LogP contribution in [0.4, 0.5) is 5.69 Å². The Bertz CT molecular complexity index is 473. The first-order valence-electron chi connectivity index (χ1n) is 4.41. The molecule has 1 aromatic heterocycles. The molecule has 0 spiro atoms. The maximum Gasteiger partial charge on any atom is 0.149 e. The number of anilines is 1. The lowest BCUT2D eigenvalue weighted by atomic mass is 10.2. The van der Waals surface area contributed by atoms with Crippen molar-refractivity contribution in [3.8, 4) is 0 Å². The highest BCUT2D eigenvalue weighted by atomic mass is 79.9. The molecular formula is C9H9BrClN3O. The van der Waals surface area contributed by atoms with Gasteiger partial charge in [-0.25, -0.2) is 4.63 Å². The number of benzene rings is 1. The third-order valence-corrected chi connectivity index (χ3v) is 2.93. The second-order valence-electron chi connectivity index (χ2n) is 3.17. The van der Waals surface area contributed by atoms with Gasteiger partial charge in [-0.15, -0.1) is 11.6 Å². The number of hydrogen-bond acceptors (Lipinski definition) is 4. The van der Waals surface area contributed by atoms with Crippen LogP contribution >= 0.6 is 27.5 Å². The average molecular weight is 291 g/mol. The van der Waals surface area contributed by atoms with Crippen molar-refractivity contribution < 1.29 is 4.63 Å². The molecule has 2 rings (SSSR count). The number of fused-ring (bicyclic) bond motifs is 1. The van der Waals surface area contributed by atoms with Gasteiger partial charge < -0.3 is 4.90 Å². The topological polar surface area (TPSA) is 42.2 Å². The molecule has 1 heterocycles. The number of rotatable bonds is 3. The zero-order valence-corrected chi connectivity index (χ0v) is 10.4. The van der Waals surface area contributed by atoms with Gasteiger partial charge in [-0.05, 0) is 38.4 Å². The Balaban J connectivity index is 2.44. The molecule has 4 nitrogen and oxygen atoms in total. The largest absolute Gasteiger partial charge is 0.373 e. The maximum absolute atomic E-state index is 5.68. The van der Waals surface area contributed by atoms with Crippen LogP contribution in [0.3, 0.4) is 0 Å². The highest BCUT2D eigenvalue weighted by Crippen LogP contribution is 2.27. The summed E-state index contributed by atoms with van der Waals surface area (Å²) in [6.45, 7) is 0.783. The number of nitrogens with zero attached hydrogens (tertiary/aromatic N) is 3. The molecule has 0 unspecified atom stereocenters. The number of alkyl halides is 1. The Labute approximate surface area is 100 Å². The molecule has 0 atom stereocenters. The SMILES string of the molecule is CN(CCCl)c1cc(Br)c2nonc2c1. The van der Waals surface area contributed by atoms with E-state index in [1.807, 2.05) is 24.1 Å².